The normalized spacial score (nSPS) is 10.9. The minimum atomic E-state index is -0.112. The average molecular weight is 389 g/mol. The van der Waals surface area contributed by atoms with Crippen molar-refractivity contribution in [2.75, 3.05) is 11.1 Å². The summed E-state index contributed by atoms with van der Waals surface area (Å²) >= 11 is 1.22. The topological polar surface area (TPSA) is 68.0 Å². The Balaban J connectivity index is 1.40. The Labute approximate surface area is 167 Å². The van der Waals surface area contributed by atoms with E-state index in [1.807, 2.05) is 68.4 Å². The van der Waals surface area contributed by atoms with Crippen molar-refractivity contribution in [3.05, 3.63) is 71.8 Å². The highest BCUT2D eigenvalue weighted by molar-refractivity contribution is 7.99. The van der Waals surface area contributed by atoms with Gasteiger partial charge in [-0.15, -0.1) is 10.2 Å². The van der Waals surface area contributed by atoms with Gasteiger partial charge in [0.2, 0.25) is 11.8 Å². The van der Waals surface area contributed by atoms with Gasteiger partial charge in [0.15, 0.2) is 0 Å². The molecule has 1 N–H and O–H groups in total. The van der Waals surface area contributed by atoms with E-state index < -0.39 is 0 Å². The Kier molecular flexibility index (Phi) is 5.12. The lowest BCUT2D eigenvalue weighted by atomic mass is 10.1. The molecule has 0 fully saturated rings. The number of thioether (sulfide) groups is 1. The van der Waals surface area contributed by atoms with Crippen LogP contribution in [0.3, 0.4) is 0 Å². The third-order valence-corrected chi connectivity index (χ3v) is 5.34. The van der Waals surface area contributed by atoms with Crippen LogP contribution in [0.25, 0.3) is 22.2 Å². The van der Waals surface area contributed by atoms with Crippen LogP contribution < -0.4 is 5.32 Å². The van der Waals surface area contributed by atoms with E-state index >= 15 is 0 Å². The predicted octanol–water partition coefficient (Wildman–Crippen LogP) is 5.24. The fourth-order valence-corrected chi connectivity index (χ4v) is 3.41. The quantitative estimate of drug-likeness (QED) is 0.473. The summed E-state index contributed by atoms with van der Waals surface area (Å²) in [5, 5.41) is 13.7. The van der Waals surface area contributed by atoms with E-state index in [-0.39, 0.29) is 11.7 Å². The molecule has 0 aliphatic heterocycles. The van der Waals surface area contributed by atoms with Gasteiger partial charge >= 0.3 is 0 Å². The van der Waals surface area contributed by atoms with Gasteiger partial charge in [-0.3, -0.25) is 4.79 Å². The van der Waals surface area contributed by atoms with E-state index in [2.05, 4.69) is 21.6 Å². The summed E-state index contributed by atoms with van der Waals surface area (Å²) in [6, 6.07) is 20.0. The number of amides is 1. The van der Waals surface area contributed by atoms with E-state index in [9.17, 15) is 4.79 Å². The minimum Gasteiger partial charge on any atom is -0.411 e. The Hall–Kier alpha value is -3.12. The zero-order valence-electron chi connectivity index (χ0n) is 15.6. The van der Waals surface area contributed by atoms with Crippen LogP contribution in [-0.4, -0.2) is 21.9 Å². The number of anilines is 1. The van der Waals surface area contributed by atoms with Crippen LogP contribution in [0.1, 0.15) is 11.1 Å². The number of carbonyl (C=O) groups excluding carboxylic acids is 1. The van der Waals surface area contributed by atoms with Crippen LogP contribution in [-0.2, 0) is 4.79 Å². The lowest BCUT2D eigenvalue weighted by molar-refractivity contribution is -0.113. The van der Waals surface area contributed by atoms with E-state index in [4.69, 9.17) is 4.42 Å². The Morgan fingerprint density at radius 2 is 1.79 bits per heavy atom. The van der Waals surface area contributed by atoms with Gasteiger partial charge in [-0.05, 0) is 60.0 Å². The van der Waals surface area contributed by atoms with Gasteiger partial charge in [0.1, 0.15) is 0 Å². The molecular formula is C22H19N3O2S. The third-order valence-electron chi connectivity index (χ3n) is 4.52. The minimum absolute atomic E-state index is 0.112. The summed E-state index contributed by atoms with van der Waals surface area (Å²) in [5.41, 5.74) is 3.98. The molecule has 0 saturated heterocycles. The smallest absolute Gasteiger partial charge is 0.277 e. The summed E-state index contributed by atoms with van der Waals surface area (Å²) in [6.07, 6.45) is 0. The second-order valence-electron chi connectivity index (χ2n) is 6.57. The van der Waals surface area contributed by atoms with Gasteiger partial charge in [0.05, 0.1) is 5.75 Å². The zero-order chi connectivity index (χ0) is 19.5. The van der Waals surface area contributed by atoms with E-state index in [0.717, 1.165) is 27.6 Å². The Morgan fingerprint density at radius 3 is 2.61 bits per heavy atom. The van der Waals surface area contributed by atoms with Crippen LogP contribution >= 0.6 is 11.8 Å². The predicted molar refractivity (Wildman–Crippen MR) is 113 cm³/mol. The van der Waals surface area contributed by atoms with Gasteiger partial charge in [-0.25, -0.2) is 0 Å². The first-order valence-electron chi connectivity index (χ1n) is 8.91. The molecule has 0 aliphatic rings. The fourth-order valence-electron chi connectivity index (χ4n) is 2.85. The molecule has 4 rings (SSSR count). The van der Waals surface area contributed by atoms with Gasteiger partial charge in [0, 0.05) is 11.3 Å². The van der Waals surface area contributed by atoms with Crippen molar-refractivity contribution in [2.45, 2.75) is 19.1 Å². The van der Waals surface area contributed by atoms with E-state index in [1.165, 1.54) is 17.3 Å². The maximum absolute atomic E-state index is 12.2. The first-order valence-corrected chi connectivity index (χ1v) is 9.89. The summed E-state index contributed by atoms with van der Waals surface area (Å²) < 4.78 is 5.71. The van der Waals surface area contributed by atoms with Crippen molar-refractivity contribution in [1.29, 1.82) is 0 Å². The molecule has 3 aromatic carbocycles. The number of carbonyl (C=O) groups is 1. The summed E-state index contributed by atoms with van der Waals surface area (Å²) in [6.45, 7) is 4.06. The SMILES string of the molecule is Cc1ccc(NC(=O)CSc2nnc(-c3ccc4ccccc4c3)o2)cc1C. The van der Waals surface area contributed by atoms with Crippen molar-refractivity contribution >= 4 is 34.1 Å². The number of fused-ring (bicyclic) bond motifs is 1. The van der Waals surface area contributed by atoms with Gasteiger partial charge in [-0.1, -0.05) is 48.2 Å². The first-order chi connectivity index (χ1) is 13.6. The molecule has 4 aromatic rings. The van der Waals surface area contributed by atoms with Crippen molar-refractivity contribution < 1.29 is 9.21 Å². The van der Waals surface area contributed by atoms with E-state index in [0.29, 0.717) is 11.1 Å². The maximum Gasteiger partial charge on any atom is 0.277 e. The third kappa shape index (κ3) is 4.07. The Bertz CT molecular complexity index is 1150. The molecule has 5 nitrogen and oxygen atoms in total. The second-order valence-corrected chi connectivity index (χ2v) is 7.50. The molecule has 0 unspecified atom stereocenters. The molecule has 0 saturated carbocycles. The van der Waals surface area contributed by atoms with Crippen LogP contribution in [0, 0.1) is 13.8 Å². The molecule has 140 valence electrons. The number of hydrogen-bond acceptors (Lipinski definition) is 5. The maximum atomic E-state index is 12.2. The largest absolute Gasteiger partial charge is 0.411 e. The molecule has 0 bridgehead atoms. The number of nitrogens with zero attached hydrogens (tertiary/aromatic N) is 2. The van der Waals surface area contributed by atoms with E-state index in [1.54, 1.807) is 0 Å². The fraction of sp³-hybridized carbons (Fsp3) is 0.136. The Morgan fingerprint density at radius 1 is 0.964 bits per heavy atom. The van der Waals surface area contributed by atoms with Gasteiger partial charge in [0.25, 0.3) is 5.22 Å². The van der Waals surface area contributed by atoms with Crippen molar-refractivity contribution in [3.63, 3.8) is 0 Å². The standard InChI is InChI=1S/C22H19N3O2S/c1-14-7-10-19(11-15(14)2)23-20(26)13-28-22-25-24-21(27-22)18-9-8-16-5-3-4-6-17(16)12-18/h3-12H,13H2,1-2H3,(H,23,26). The first kappa shape index (κ1) is 18.3. The molecule has 28 heavy (non-hydrogen) atoms. The molecule has 1 heterocycles. The molecule has 0 aliphatic carbocycles. The van der Waals surface area contributed by atoms with Crippen LogP contribution in [0.15, 0.2) is 70.3 Å². The van der Waals surface area contributed by atoms with Crippen LogP contribution in [0.4, 0.5) is 5.69 Å². The lowest BCUT2D eigenvalue weighted by Crippen LogP contribution is -2.14. The van der Waals surface area contributed by atoms with Gasteiger partial charge < -0.3 is 9.73 Å². The molecule has 0 spiro atoms. The number of nitrogens with one attached hydrogen (secondary N) is 1. The average Bonchev–Trinajstić information content (AvgIpc) is 3.18. The monoisotopic (exact) mass is 389 g/mol. The number of aryl methyl sites for hydroxylation is 2. The molecule has 1 aromatic heterocycles. The highest BCUT2D eigenvalue weighted by Crippen LogP contribution is 2.26. The second kappa shape index (κ2) is 7.86. The van der Waals surface area contributed by atoms with Gasteiger partial charge in [-0.2, -0.15) is 0 Å². The van der Waals surface area contributed by atoms with Crippen molar-refractivity contribution in [2.24, 2.45) is 0 Å². The highest BCUT2D eigenvalue weighted by atomic mass is 32.2. The van der Waals surface area contributed by atoms with Crippen LogP contribution in [0.2, 0.25) is 0 Å². The molecule has 1 amide bonds. The summed E-state index contributed by atoms with van der Waals surface area (Å²) in [5.74, 6) is 0.535. The van der Waals surface area contributed by atoms with Crippen molar-refractivity contribution in [3.8, 4) is 11.5 Å². The summed E-state index contributed by atoms with van der Waals surface area (Å²) in [4.78, 5) is 12.2. The van der Waals surface area contributed by atoms with Crippen LogP contribution in [0.5, 0.6) is 0 Å². The molecule has 0 radical (unpaired) electrons. The molecule has 0 atom stereocenters. The number of hydrogen-bond donors (Lipinski definition) is 1. The molecule has 6 heteroatoms. The number of aromatic nitrogens is 2. The number of benzene rings is 3. The highest BCUT2D eigenvalue weighted by Gasteiger charge is 2.12. The zero-order valence-corrected chi connectivity index (χ0v) is 16.4. The molecular weight excluding hydrogens is 370 g/mol. The summed E-state index contributed by atoms with van der Waals surface area (Å²) in [7, 11) is 0. The lowest BCUT2D eigenvalue weighted by Gasteiger charge is -2.06. The van der Waals surface area contributed by atoms with Crippen molar-refractivity contribution in [1.82, 2.24) is 10.2 Å². The number of rotatable bonds is 5.